The Morgan fingerprint density at radius 2 is 2.28 bits per heavy atom. The lowest BCUT2D eigenvalue weighted by Crippen LogP contribution is -2.14. The molecule has 0 unspecified atom stereocenters. The lowest BCUT2D eigenvalue weighted by atomic mass is 10.2. The van der Waals surface area contributed by atoms with Crippen molar-refractivity contribution in [3.8, 4) is 18.1 Å². The number of nitrogens with zero attached hydrogens (tertiary/aromatic N) is 1. The lowest BCUT2D eigenvalue weighted by Gasteiger charge is -2.06. The molecular weight excluding hydrogens is 232 g/mol. The molecule has 0 spiro atoms. The highest BCUT2D eigenvalue weighted by Gasteiger charge is 2.09. The molecule has 0 atom stereocenters. The van der Waals surface area contributed by atoms with E-state index in [2.05, 4.69) is 11.2 Å². The predicted molar refractivity (Wildman–Crippen MR) is 69.4 cm³/mol. The van der Waals surface area contributed by atoms with Crippen molar-refractivity contribution in [2.75, 3.05) is 13.7 Å². The second-order valence-electron chi connectivity index (χ2n) is 3.78. The van der Waals surface area contributed by atoms with Crippen LogP contribution in [0.2, 0.25) is 0 Å². The Kier molecular flexibility index (Phi) is 5.68. The van der Waals surface area contributed by atoms with Crippen molar-refractivity contribution in [3.05, 3.63) is 33.9 Å². The van der Waals surface area contributed by atoms with Gasteiger partial charge in [0.1, 0.15) is 5.75 Å². The molecule has 0 saturated carbocycles. The molecule has 1 N–H and O–H groups in total. The Balaban J connectivity index is 2.62. The van der Waals surface area contributed by atoms with Crippen molar-refractivity contribution in [3.63, 3.8) is 0 Å². The number of methoxy groups -OCH3 is 1. The normalized spacial score (nSPS) is 9.78. The van der Waals surface area contributed by atoms with Gasteiger partial charge in [-0.1, -0.05) is 0 Å². The van der Waals surface area contributed by atoms with Crippen LogP contribution in [0.25, 0.3) is 0 Å². The molecule has 0 fully saturated rings. The molecule has 1 rings (SSSR count). The van der Waals surface area contributed by atoms with Crippen LogP contribution < -0.4 is 10.1 Å². The monoisotopic (exact) mass is 248 g/mol. The number of unbranched alkanes of at least 4 members (excludes halogenated alkanes) is 1. The molecule has 0 saturated heterocycles. The van der Waals surface area contributed by atoms with Gasteiger partial charge in [0, 0.05) is 19.0 Å². The molecule has 5 heteroatoms. The summed E-state index contributed by atoms with van der Waals surface area (Å²) in [5.41, 5.74) is 0.858. The minimum atomic E-state index is -0.426. The van der Waals surface area contributed by atoms with Gasteiger partial charge in [-0.15, -0.1) is 12.3 Å². The summed E-state index contributed by atoms with van der Waals surface area (Å²) in [6.07, 6.45) is 6.76. The van der Waals surface area contributed by atoms with Gasteiger partial charge in [0.15, 0.2) is 0 Å². The third-order valence-electron chi connectivity index (χ3n) is 2.40. The van der Waals surface area contributed by atoms with Crippen LogP contribution >= 0.6 is 0 Å². The maximum atomic E-state index is 10.7. The Morgan fingerprint density at radius 3 is 2.89 bits per heavy atom. The molecule has 0 bridgehead atoms. The second-order valence-corrected chi connectivity index (χ2v) is 3.78. The second kappa shape index (κ2) is 7.30. The first-order valence-electron chi connectivity index (χ1n) is 5.64. The molecule has 0 radical (unpaired) electrons. The van der Waals surface area contributed by atoms with Gasteiger partial charge in [-0.2, -0.15) is 0 Å². The average molecular weight is 248 g/mol. The number of hydrogen-bond donors (Lipinski definition) is 1. The van der Waals surface area contributed by atoms with Crippen molar-refractivity contribution < 1.29 is 9.66 Å². The Morgan fingerprint density at radius 1 is 1.50 bits per heavy atom. The van der Waals surface area contributed by atoms with Gasteiger partial charge in [0.05, 0.1) is 18.1 Å². The van der Waals surface area contributed by atoms with Crippen LogP contribution in [0.15, 0.2) is 18.2 Å². The number of ether oxygens (including phenoxy) is 1. The fourth-order valence-electron chi connectivity index (χ4n) is 1.52. The quantitative estimate of drug-likeness (QED) is 0.347. The smallest absolute Gasteiger partial charge is 0.273 e. The lowest BCUT2D eigenvalue weighted by molar-refractivity contribution is -0.385. The molecule has 1 aromatic carbocycles. The largest absolute Gasteiger partial charge is 0.496 e. The van der Waals surface area contributed by atoms with Gasteiger partial charge in [-0.3, -0.25) is 10.1 Å². The Hall–Kier alpha value is -2.06. The summed E-state index contributed by atoms with van der Waals surface area (Å²) in [5, 5.41) is 13.9. The molecule has 0 aliphatic carbocycles. The maximum Gasteiger partial charge on any atom is 0.273 e. The zero-order valence-corrected chi connectivity index (χ0v) is 10.3. The number of nitro benzene ring substituents is 1. The molecule has 0 aromatic heterocycles. The van der Waals surface area contributed by atoms with E-state index in [-0.39, 0.29) is 5.69 Å². The predicted octanol–water partition coefficient (Wildman–Crippen LogP) is 2.11. The first kappa shape index (κ1) is 14.0. The number of terminal acetylenes is 1. The van der Waals surface area contributed by atoms with Crippen molar-refractivity contribution in [1.29, 1.82) is 0 Å². The number of non-ortho nitro benzene ring substituents is 1. The summed E-state index contributed by atoms with van der Waals surface area (Å²) in [6, 6.07) is 4.72. The summed E-state index contributed by atoms with van der Waals surface area (Å²) < 4.78 is 5.03. The molecule has 0 amide bonds. The van der Waals surface area contributed by atoms with Crippen molar-refractivity contribution in [2.24, 2.45) is 0 Å². The van der Waals surface area contributed by atoms with Gasteiger partial charge < -0.3 is 10.1 Å². The average Bonchev–Trinajstić information content (AvgIpc) is 2.38. The minimum Gasteiger partial charge on any atom is -0.496 e. The van der Waals surface area contributed by atoms with Crippen LogP contribution in [0.4, 0.5) is 5.69 Å². The highest BCUT2D eigenvalue weighted by atomic mass is 16.6. The summed E-state index contributed by atoms with van der Waals surface area (Å²) in [5.74, 6) is 3.05. The van der Waals surface area contributed by atoms with Crippen LogP contribution in [0.3, 0.4) is 0 Å². The number of benzene rings is 1. The molecule has 0 aliphatic heterocycles. The first-order valence-corrected chi connectivity index (χ1v) is 5.64. The number of rotatable bonds is 7. The van der Waals surface area contributed by atoms with Gasteiger partial charge in [0.2, 0.25) is 0 Å². The SMILES string of the molecule is C#CCCCNCc1cc(OC)cc([N+](=O)[O-])c1. The van der Waals surface area contributed by atoms with Gasteiger partial charge >= 0.3 is 0 Å². The number of hydrogen-bond acceptors (Lipinski definition) is 4. The molecule has 5 nitrogen and oxygen atoms in total. The van der Waals surface area contributed by atoms with E-state index in [0.717, 1.165) is 24.9 Å². The summed E-state index contributed by atoms with van der Waals surface area (Å²) in [7, 11) is 1.49. The fraction of sp³-hybridized carbons (Fsp3) is 0.385. The fourth-order valence-corrected chi connectivity index (χ4v) is 1.52. The molecule has 18 heavy (non-hydrogen) atoms. The van der Waals surface area contributed by atoms with Gasteiger partial charge in [-0.05, 0) is 24.6 Å². The van der Waals surface area contributed by atoms with Crippen molar-refractivity contribution in [1.82, 2.24) is 5.32 Å². The van der Waals surface area contributed by atoms with E-state index in [4.69, 9.17) is 11.2 Å². The molecular formula is C13H16N2O3. The zero-order valence-electron chi connectivity index (χ0n) is 10.3. The van der Waals surface area contributed by atoms with Crippen molar-refractivity contribution in [2.45, 2.75) is 19.4 Å². The topological polar surface area (TPSA) is 64.4 Å². The van der Waals surface area contributed by atoms with E-state index in [0.29, 0.717) is 12.3 Å². The minimum absolute atomic E-state index is 0.0368. The molecule has 96 valence electrons. The third kappa shape index (κ3) is 4.44. The molecule has 0 heterocycles. The van der Waals surface area contributed by atoms with Gasteiger partial charge in [0.25, 0.3) is 5.69 Å². The third-order valence-corrected chi connectivity index (χ3v) is 2.40. The molecule has 1 aromatic rings. The highest BCUT2D eigenvalue weighted by Crippen LogP contribution is 2.22. The van der Waals surface area contributed by atoms with E-state index in [1.165, 1.54) is 19.2 Å². The zero-order chi connectivity index (χ0) is 13.4. The van der Waals surface area contributed by atoms with E-state index in [1.807, 2.05) is 0 Å². The van der Waals surface area contributed by atoms with Crippen LogP contribution in [0.5, 0.6) is 5.75 Å². The standard InChI is InChI=1S/C13H16N2O3/c1-3-4-5-6-14-10-11-7-12(15(16)17)9-13(8-11)18-2/h1,7-9,14H,4-6,10H2,2H3. The number of nitrogens with one attached hydrogen (secondary N) is 1. The summed E-state index contributed by atoms with van der Waals surface area (Å²) >= 11 is 0. The maximum absolute atomic E-state index is 10.7. The Labute approximate surface area is 106 Å². The Bertz CT molecular complexity index is 452. The van der Waals surface area contributed by atoms with E-state index in [1.54, 1.807) is 6.07 Å². The van der Waals surface area contributed by atoms with E-state index in [9.17, 15) is 10.1 Å². The summed E-state index contributed by atoms with van der Waals surface area (Å²) in [6.45, 7) is 1.35. The summed E-state index contributed by atoms with van der Waals surface area (Å²) in [4.78, 5) is 10.3. The van der Waals surface area contributed by atoms with Crippen LogP contribution in [-0.4, -0.2) is 18.6 Å². The van der Waals surface area contributed by atoms with Crippen LogP contribution in [-0.2, 0) is 6.54 Å². The van der Waals surface area contributed by atoms with E-state index < -0.39 is 4.92 Å². The number of nitro groups is 1. The van der Waals surface area contributed by atoms with Crippen LogP contribution in [0, 0.1) is 22.5 Å². The first-order chi connectivity index (χ1) is 8.67. The van der Waals surface area contributed by atoms with Crippen molar-refractivity contribution >= 4 is 5.69 Å². The molecule has 0 aliphatic rings. The van der Waals surface area contributed by atoms with Crippen LogP contribution in [0.1, 0.15) is 18.4 Å². The highest BCUT2D eigenvalue weighted by molar-refractivity contribution is 5.42. The van der Waals surface area contributed by atoms with E-state index >= 15 is 0 Å². The van der Waals surface area contributed by atoms with Gasteiger partial charge in [-0.25, -0.2) is 0 Å².